The van der Waals surface area contributed by atoms with Gasteiger partial charge in [-0.15, -0.1) is 0 Å². The third kappa shape index (κ3) is 3.03. The molecule has 3 aromatic carbocycles. The molecule has 0 bridgehead atoms. The van der Waals surface area contributed by atoms with Gasteiger partial charge in [0.15, 0.2) is 5.75 Å². The minimum atomic E-state index is -0.776. The molecule has 0 unspecified atom stereocenters. The molecule has 1 atom stereocenters. The number of halogens is 3. The van der Waals surface area contributed by atoms with Crippen LogP contribution in [0.3, 0.4) is 0 Å². The van der Waals surface area contributed by atoms with Crippen LogP contribution in [0.4, 0.5) is 13.2 Å². The highest BCUT2D eigenvalue weighted by Gasteiger charge is 2.22. The average molecular weight is 423 g/mol. The van der Waals surface area contributed by atoms with Crippen molar-refractivity contribution in [2.75, 3.05) is 26.2 Å². The standard InChI is InChI=1S/C24H20F3N3O/c25-13-1-3-20-16(9-13)18-11-19-17-10-14(26)2-4-21(17)29-23(19)24(22(18)28-20)31-8-7-30-6-5-15(27)12-30/h1-4,9-11,15,28-29H,5-8,12H2/t15-/m1/s1. The number of ether oxygens (including phenoxy) is 1. The van der Waals surface area contributed by atoms with E-state index in [2.05, 4.69) is 9.97 Å². The third-order valence-electron chi connectivity index (χ3n) is 6.21. The molecule has 31 heavy (non-hydrogen) atoms. The van der Waals surface area contributed by atoms with Crippen molar-refractivity contribution in [3.8, 4) is 5.75 Å². The van der Waals surface area contributed by atoms with Crippen molar-refractivity contribution in [1.29, 1.82) is 0 Å². The van der Waals surface area contributed by atoms with Crippen molar-refractivity contribution in [2.45, 2.75) is 12.6 Å². The lowest BCUT2D eigenvalue weighted by molar-refractivity contribution is 0.227. The summed E-state index contributed by atoms with van der Waals surface area (Å²) in [5.74, 6) is -0.0387. The van der Waals surface area contributed by atoms with E-state index in [0.29, 0.717) is 31.9 Å². The van der Waals surface area contributed by atoms with Gasteiger partial charge in [0.1, 0.15) is 24.4 Å². The van der Waals surface area contributed by atoms with E-state index in [-0.39, 0.29) is 11.6 Å². The summed E-state index contributed by atoms with van der Waals surface area (Å²) in [5.41, 5.74) is 3.10. The Kier molecular flexibility index (Phi) is 4.14. The van der Waals surface area contributed by atoms with Crippen molar-refractivity contribution in [3.05, 3.63) is 54.1 Å². The zero-order valence-electron chi connectivity index (χ0n) is 16.6. The van der Waals surface area contributed by atoms with E-state index in [4.69, 9.17) is 4.74 Å². The summed E-state index contributed by atoms with van der Waals surface area (Å²) in [6.07, 6.45) is -0.219. The van der Waals surface area contributed by atoms with Gasteiger partial charge in [-0.25, -0.2) is 13.2 Å². The van der Waals surface area contributed by atoms with Crippen LogP contribution in [-0.2, 0) is 0 Å². The number of nitrogens with one attached hydrogen (secondary N) is 2. The Labute approximate surface area is 175 Å². The molecule has 7 heteroatoms. The molecule has 2 N–H and O–H groups in total. The van der Waals surface area contributed by atoms with Crippen molar-refractivity contribution in [1.82, 2.24) is 14.9 Å². The molecular weight excluding hydrogens is 403 g/mol. The fraction of sp³-hybridized carbons (Fsp3) is 0.250. The van der Waals surface area contributed by atoms with Crippen LogP contribution in [0.25, 0.3) is 43.6 Å². The number of benzene rings is 3. The Morgan fingerprint density at radius 2 is 1.48 bits per heavy atom. The van der Waals surface area contributed by atoms with Crippen LogP contribution in [-0.4, -0.2) is 47.3 Å². The number of hydrogen-bond donors (Lipinski definition) is 2. The lowest BCUT2D eigenvalue weighted by Gasteiger charge is -2.15. The SMILES string of the molecule is Fc1ccc2[nH]c3c(OCCN4CC[C@@H](F)C4)c4[nH]c5ccc(F)cc5c4cc3c2c1. The smallest absolute Gasteiger partial charge is 0.167 e. The summed E-state index contributed by atoms with van der Waals surface area (Å²) in [5, 5.41) is 3.11. The maximum absolute atomic E-state index is 14.0. The fourth-order valence-corrected chi connectivity index (χ4v) is 4.71. The zero-order chi connectivity index (χ0) is 21.1. The average Bonchev–Trinajstić information content (AvgIpc) is 3.43. The number of alkyl halides is 1. The molecule has 6 rings (SSSR count). The molecule has 1 saturated heterocycles. The number of aromatic nitrogens is 2. The van der Waals surface area contributed by atoms with Gasteiger partial charge in [-0.1, -0.05) is 0 Å². The molecule has 0 amide bonds. The summed E-state index contributed by atoms with van der Waals surface area (Å²) >= 11 is 0. The summed E-state index contributed by atoms with van der Waals surface area (Å²) < 4.78 is 47.7. The monoisotopic (exact) mass is 423 g/mol. The van der Waals surface area contributed by atoms with E-state index >= 15 is 0 Å². The van der Waals surface area contributed by atoms with Gasteiger partial charge in [0.05, 0.1) is 11.0 Å². The summed E-state index contributed by atoms with van der Waals surface area (Å²) in [6, 6.07) is 11.2. The van der Waals surface area contributed by atoms with Crippen LogP contribution in [0.1, 0.15) is 6.42 Å². The van der Waals surface area contributed by atoms with E-state index in [0.717, 1.165) is 50.2 Å². The largest absolute Gasteiger partial charge is 0.488 e. The van der Waals surface area contributed by atoms with Gasteiger partial charge >= 0.3 is 0 Å². The van der Waals surface area contributed by atoms with Crippen LogP contribution in [0, 0.1) is 11.6 Å². The van der Waals surface area contributed by atoms with E-state index in [1.807, 2.05) is 11.0 Å². The highest BCUT2D eigenvalue weighted by molar-refractivity contribution is 6.20. The van der Waals surface area contributed by atoms with Gasteiger partial charge in [0, 0.05) is 52.2 Å². The third-order valence-corrected chi connectivity index (χ3v) is 6.21. The number of H-pyrrole nitrogens is 2. The first-order valence-corrected chi connectivity index (χ1v) is 10.4. The van der Waals surface area contributed by atoms with Crippen LogP contribution in [0.5, 0.6) is 5.75 Å². The molecule has 1 aliphatic rings. The molecule has 0 spiro atoms. The topological polar surface area (TPSA) is 44.0 Å². The molecule has 4 nitrogen and oxygen atoms in total. The first-order chi connectivity index (χ1) is 15.1. The number of nitrogens with zero attached hydrogens (tertiary/aromatic N) is 1. The summed E-state index contributed by atoms with van der Waals surface area (Å²) in [7, 11) is 0. The van der Waals surface area contributed by atoms with Gasteiger partial charge in [0.2, 0.25) is 0 Å². The minimum Gasteiger partial charge on any atom is -0.488 e. The normalized spacial score (nSPS) is 17.6. The highest BCUT2D eigenvalue weighted by atomic mass is 19.1. The van der Waals surface area contributed by atoms with Gasteiger partial charge in [-0.05, 0) is 48.9 Å². The Bertz CT molecular complexity index is 1360. The molecule has 1 fully saturated rings. The lowest BCUT2D eigenvalue weighted by atomic mass is 10.1. The first kappa shape index (κ1) is 18.6. The summed E-state index contributed by atoms with van der Waals surface area (Å²) in [6.45, 7) is 2.15. The van der Waals surface area contributed by atoms with Crippen LogP contribution < -0.4 is 4.74 Å². The number of fused-ring (bicyclic) bond motifs is 6. The maximum atomic E-state index is 14.0. The highest BCUT2D eigenvalue weighted by Crippen LogP contribution is 2.41. The van der Waals surface area contributed by atoms with Crippen LogP contribution in [0.2, 0.25) is 0 Å². The maximum Gasteiger partial charge on any atom is 0.167 e. The van der Waals surface area contributed by atoms with Crippen LogP contribution in [0.15, 0.2) is 42.5 Å². The molecule has 3 heterocycles. The Morgan fingerprint density at radius 3 is 2.03 bits per heavy atom. The van der Waals surface area contributed by atoms with Crippen LogP contribution >= 0.6 is 0 Å². The van der Waals surface area contributed by atoms with Gasteiger partial charge in [0.25, 0.3) is 0 Å². The number of likely N-dealkylation sites (tertiary alicyclic amines) is 1. The van der Waals surface area contributed by atoms with E-state index < -0.39 is 6.17 Å². The minimum absolute atomic E-state index is 0.323. The first-order valence-electron chi connectivity index (χ1n) is 10.4. The molecule has 5 aromatic rings. The predicted octanol–water partition coefficient (Wildman–Crippen LogP) is 5.66. The number of hydrogen-bond acceptors (Lipinski definition) is 2. The Morgan fingerprint density at radius 1 is 0.871 bits per heavy atom. The molecule has 2 aromatic heterocycles. The molecule has 1 aliphatic heterocycles. The molecule has 0 aliphatic carbocycles. The van der Waals surface area contributed by atoms with Crippen molar-refractivity contribution in [2.24, 2.45) is 0 Å². The van der Waals surface area contributed by atoms with Gasteiger partial charge in [-0.2, -0.15) is 0 Å². The van der Waals surface area contributed by atoms with Crippen molar-refractivity contribution < 1.29 is 17.9 Å². The lowest BCUT2D eigenvalue weighted by Crippen LogP contribution is -2.26. The van der Waals surface area contributed by atoms with E-state index in [1.165, 1.54) is 24.3 Å². The number of aromatic amines is 2. The van der Waals surface area contributed by atoms with Crippen molar-refractivity contribution in [3.63, 3.8) is 0 Å². The Balaban J connectivity index is 1.53. The second-order valence-electron chi connectivity index (χ2n) is 8.22. The predicted molar refractivity (Wildman–Crippen MR) is 117 cm³/mol. The number of rotatable bonds is 4. The zero-order valence-corrected chi connectivity index (χ0v) is 16.6. The van der Waals surface area contributed by atoms with E-state index in [1.54, 1.807) is 12.1 Å². The second-order valence-corrected chi connectivity index (χ2v) is 8.22. The van der Waals surface area contributed by atoms with Gasteiger partial charge < -0.3 is 14.7 Å². The molecule has 0 saturated carbocycles. The molecular formula is C24H20F3N3O. The second kappa shape index (κ2) is 6.92. The quantitative estimate of drug-likeness (QED) is 0.392. The van der Waals surface area contributed by atoms with Crippen molar-refractivity contribution >= 4 is 43.6 Å². The fourth-order valence-electron chi connectivity index (χ4n) is 4.71. The molecule has 0 radical (unpaired) electrons. The molecule has 158 valence electrons. The Hall–Kier alpha value is -3.19. The summed E-state index contributed by atoms with van der Waals surface area (Å²) in [4.78, 5) is 8.74. The van der Waals surface area contributed by atoms with E-state index in [9.17, 15) is 13.2 Å². The van der Waals surface area contributed by atoms with Gasteiger partial charge in [-0.3, -0.25) is 4.90 Å².